The topological polar surface area (TPSA) is 64.1 Å². The maximum Gasteiger partial charge on any atom is 0.319 e. The number of carbonyl (C=O) groups excluding carboxylic acids is 1. The largest absolute Gasteiger partial charge is 0.481 e. The number of amides is 2. The number of hydrogen-bond acceptors (Lipinski definition) is 3. The van der Waals surface area contributed by atoms with Gasteiger partial charge in [-0.2, -0.15) is 0 Å². The van der Waals surface area contributed by atoms with Gasteiger partial charge in [0.1, 0.15) is 0 Å². The Labute approximate surface area is 107 Å². The first-order chi connectivity index (χ1) is 8.49. The number of carboxylic acids is 1. The fourth-order valence-electron chi connectivity index (χ4n) is 2.67. The van der Waals surface area contributed by atoms with Crippen molar-refractivity contribution < 1.29 is 14.7 Å². The third-order valence-electron chi connectivity index (χ3n) is 3.89. The van der Waals surface area contributed by atoms with E-state index in [-0.39, 0.29) is 11.9 Å². The fraction of sp³-hybridized carbons (Fsp3) is 0.833. The molecule has 6 nitrogen and oxygen atoms in total. The Bertz CT molecular complexity index is 331. The van der Waals surface area contributed by atoms with Crippen LogP contribution in [0.3, 0.4) is 0 Å². The molecule has 2 saturated heterocycles. The first-order valence-electron chi connectivity index (χ1n) is 6.42. The molecule has 0 spiro atoms. The highest BCUT2D eigenvalue weighted by molar-refractivity contribution is 5.74. The standard InChI is InChI=1S/C12H21N3O3/c1-13(2)12(18)14-5-3-10(4-6-14)15-7-9(8-15)11(16)17/h9-10H,3-8H2,1-2H3,(H,16,17). The van der Waals surface area contributed by atoms with Crippen LogP contribution in [0.5, 0.6) is 0 Å². The Kier molecular flexibility index (Phi) is 3.75. The molecule has 0 aromatic carbocycles. The summed E-state index contributed by atoms with van der Waals surface area (Å²) in [5.74, 6) is -0.877. The molecule has 1 N–H and O–H groups in total. The summed E-state index contributed by atoms with van der Waals surface area (Å²) in [7, 11) is 3.53. The van der Waals surface area contributed by atoms with Gasteiger partial charge in [-0.1, -0.05) is 0 Å². The lowest BCUT2D eigenvalue weighted by atomic mass is 9.93. The van der Waals surface area contributed by atoms with Crippen LogP contribution in [0.25, 0.3) is 0 Å². The SMILES string of the molecule is CN(C)C(=O)N1CCC(N2CC(C(=O)O)C2)CC1. The summed E-state index contributed by atoms with van der Waals surface area (Å²) in [5.41, 5.74) is 0. The highest BCUT2D eigenvalue weighted by atomic mass is 16.4. The van der Waals surface area contributed by atoms with E-state index in [4.69, 9.17) is 5.11 Å². The Balaban J connectivity index is 1.75. The van der Waals surface area contributed by atoms with Crippen LogP contribution in [0.2, 0.25) is 0 Å². The molecule has 0 aromatic heterocycles. The molecule has 0 aliphatic carbocycles. The van der Waals surface area contributed by atoms with Crippen LogP contribution >= 0.6 is 0 Å². The first kappa shape index (κ1) is 13.1. The average molecular weight is 255 g/mol. The number of piperidine rings is 1. The Hall–Kier alpha value is -1.30. The number of rotatable bonds is 2. The van der Waals surface area contributed by atoms with Gasteiger partial charge in [0, 0.05) is 46.3 Å². The Morgan fingerprint density at radius 1 is 1.17 bits per heavy atom. The number of likely N-dealkylation sites (tertiary alicyclic amines) is 2. The number of nitrogens with zero attached hydrogens (tertiary/aromatic N) is 3. The van der Waals surface area contributed by atoms with Crippen molar-refractivity contribution in [2.45, 2.75) is 18.9 Å². The Morgan fingerprint density at radius 2 is 1.72 bits per heavy atom. The van der Waals surface area contributed by atoms with Crippen LogP contribution in [0, 0.1) is 5.92 Å². The zero-order valence-electron chi connectivity index (χ0n) is 11.0. The summed E-state index contributed by atoms with van der Waals surface area (Å²) in [6, 6.07) is 0.521. The van der Waals surface area contributed by atoms with Crippen molar-refractivity contribution in [3.8, 4) is 0 Å². The predicted molar refractivity (Wildman–Crippen MR) is 66.4 cm³/mol. The van der Waals surface area contributed by atoms with Gasteiger partial charge in [0.15, 0.2) is 0 Å². The zero-order valence-corrected chi connectivity index (χ0v) is 11.0. The number of hydrogen-bond donors (Lipinski definition) is 1. The third kappa shape index (κ3) is 2.58. The molecule has 0 saturated carbocycles. The average Bonchev–Trinajstić information content (AvgIpc) is 2.26. The second kappa shape index (κ2) is 5.14. The van der Waals surface area contributed by atoms with E-state index < -0.39 is 5.97 Å². The molecule has 18 heavy (non-hydrogen) atoms. The molecule has 102 valence electrons. The van der Waals surface area contributed by atoms with Crippen LogP contribution < -0.4 is 0 Å². The van der Waals surface area contributed by atoms with Crippen LogP contribution in [0.4, 0.5) is 4.79 Å². The van der Waals surface area contributed by atoms with Crippen molar-refractivity contribution in [3.05, 3.63) is 0 Å². The summed E-state index contributed by atoms with van der Waals surface area (Å²) < 4.78 is 0. The van der Waals surface area contributed by atoms with E-state index in [2.05, 4.69) is 4.90 Å². The minimum atomic E-state index is -0.688. The minimum absolute atomic E-state index is 0.0699. The normalized spacial score (nSPS) is 22.7. The fourth-order valence-corrected chi connectivity index (χ4v) is 2.67. The molecule has 2 amide bonds. The van der Waals surface area contributed by atoms with E-state index in [9.17, 15) is 9.59 Å². The van der Waals surface area contributed by atoms with Gasteiger partial charge in [-0.25, -0.2) is 4.79 Å². The van der Waals surface area contributed by atoms with Crippen LogP contribution in [0.1, 0.15) is 12.8 Å². The van der Waals surface area contributed by atoms with E-state index >= 15 is 0 Å². The van der Waals surface area contributed by atoms with Gasteiger partial charge in [0.05, 0.1) is 5.92 Å². The van der Waals surface area contributed by atoms with Gasteiger partial charge in [-0.15, -0.1) is 0 Å². The zero-order chi connectivity index (χ0) is 13.3. The Morgan fingerprint density at radius 3 is 2.17 bits per heavy atom. The monoisotopic (exact) mass is 255 g/mol. The second-order valence-electron chi connectivity index (χ2n) is 5.38. The summed E-state index contributed by atoms with van der Waals surface area (Å²) in [6.07, 6.45) is 1.90. The molecule has 2 aliphatic rings. The third-order valence-corrected chi connectivity index (χ3v) is 3.89. The van der Waals surface area contributed by atoms with Gasteiger partial charge in [0.2, 0.25) is 0 Å². The number of aliphatic carboxylic acids is 1. The molecule has 2 aliphatic heterocycles. The molecule has 0 bridgehead atoms. The van der Waals surface area contributed by atoms with Crippen LogP contribution in [0.15, 0.2) is 0 Å². The molecular formula is C12H21N3O3. The molecule has 6 heteroatoms. The van der Waals surface area contributed by atoms with Crippen LogP contribution in [-0.2, 0) is 4.79 Å². The van der Waals surface area contributed by atoms with Gasteiger partial charge < -0.3 is 14.9 Å². The highest BCUT2D eigenvalue weighted by Gasteiger charge is 2.38. The molecule has 0 unspecified atom stereocenters. The number of urea groups is 1. The first-order valence-corrected chi connectivity index (χ1v) is 6.42. The van der Waals surface area contributed by atoms with E-state index in [1.807, 2.05) is 4.90 Å². The van der Waals surface area contributed by atoms with E-state index in [1.165, 1.54) is 0 Å². The molecule has 2 rings (SSSR count). The second-order valence-corrected chi connectivity index (χ2v) is 5.38. The van der Waals surface area contributed by atoms with Gasteiger partial charge in [-0.3, -0.25) is 9.69 Å². The lowest BCUT2D eigenvalue weighted by molar-refractivity contribution is -0.149. The van der Waals surface area contributed by atoms with Crippen molar-refractivity contribution in [3.63, 3.8) is 0 Å². The van der Waals surface area contributed by atoms with E-state index in [1.54, 1.807) is 19.0 Å². The maximum absolute atomic E-state index is 11.8. The van der Waals surface area contributed by atoms with E-state index in [0.717, 1.165) is 25.9 Å². The van der Waals surface area contributed by atoms with Gasteiger partial charge in [-0.05, 0) is 12.8 Å². The van der Waals surface area contributed by atoms with Gasteiger partial charge in [0.25, 0.3) is 0 Å². The quantitative estimate of drug-likeness (QED) is 0.763. The molecule has 0 atom stereocenters. The van der Waals surface area contributed by atoms with Gasteiger partial charge >= 0.3 is 12.0 Å². The van der Waals surface area contributed by atoms with E-state index in [0.29, 0.717) is 19.1 Å². The summed E-state index contributed by atoms with van der Waals surface area (Å²) >= 11 is 0. The van der Waals surface area contributed by atoms with Crippen molar-refractivity contribution in [2.75, 3.05) is 40.3 Å². The minimum Gasteiger partial charge on any atom is -0.481 e. The molecule has 2 fully saturated rings. The lowest BCUT2D eigenvalue weighted by Gasteiger charge is -2.45. The van der Waals surface area contributed by atoms with Crippen molar-refractivity contribution >= 4 is 12.0 Å². The van der Waals surface area contributed by atoms with Crippen LogP contribution in [-0.4, -0.2) is 78.1 Å². The molecule has 2 heterocycles. The molecule has 0 radical (unpaired) electrons. The molecule has 0 aromatic rings. The van der Waals surface area contributed by atoms with Crippen molar-refractivity contribution in [1.82, 2.24) is 14.7 Å². The highest BCUT2D eigenvalue weighted by Crippen LogP contribution is 2.25. The lowest BCUT2D eigenvalue weighted by Crippen LogP contribution is -2.58. The van der Waals surface area contributed by atoms with Crippen molar-refractivity contribution in [2.24, 2.45) is 5.92 Å². The number of carboxylic acid groups (broad SMARTS) is 1. The number of carbonyl (C=O) groups is 2. The maximum atomic E-state index is 11.8. The molecular weight excluding hydrogens is 234 g/mol. The summed E-state index contributed by atoms with van der Waals surface area (Å²) in [4.78, 5) is 28.2. The smallest absolute Gasteiger partial charge is 0.319 e. The summed E-state index contributed by atoms with van der Waals surface area (Å²) in [6.45, 7) is 2.88. The van der Waals surface area contributed by atoms with Crippen molar-refractivity contribution in [1.29, 1.82) is 0 Å². The summed E-state index contributed by atoms with van der Waals surface area (Å²) in [5, 5.41) is 8.84. The predicted octanol–water partition coefficient (Wildman–Crippen LogP) is 0.149.